The number of hydrogen-bond donors (Lipinski definition) is 1. The summed E-state index contributed by atoms with van der Waals surface area (Å²) < 4.78 is 10.6. The summed E-state index contributed by atoms with van der Waals surface area (Å²) in [5, 5.41) is 9.58. The molecule has 328 valence electrons. The first-order valence-electron chi connectivity index (χ1n) is 24.5. The topological polar surface area (TPSA) is 72.8 Å². The van der Waals surface area contributed by atoms with Gasteiger partial charge in [-0.2, -0.15) is 0 Å². The zero-order valence-corrected chi connectivity index (χ0v) is 37.4. The van der Waals surface area contributed by atoms with E-state index in [0.717, 1.165) is 57.8 Å². The van der Waals surface area contributed by atoms with Crippen molar-refractivity contribution < 1.29 is 24.2 Å². The number of allylic oxidation sites excluding steroid dienone is 6. The van der Waals surface area contributed by atoms with E-state index >= 15 is 0 Å². The molecule has 0 saturated heterocycles. The number of ether oxygens (including phenoxy) is 2. The molecule has 0 aromatic rings. The Hall–Kier alpha value is -1.88. The maximum absolute atomic E-state index is 12.2. The molecular formula is C51H94O5. The number of carbonyl (C=O) groups is 2. The highest BCUT2D eigenvalue weighted by Crippen LogP contribution is 2.16. The van der Waals surface area contributed by atoms with E-state index in [1.54, 1.807) is 0 Å². The summed E-state index contributed by atoms with van der Waals surface area (Å²) >= 11 is 0. The van der Waals surface area contributed by atoms with Crippen LogP contribution in [-0.2, 0) is 19.1 Å². The third-order valence-electron chi connectivity index (χ3n) is 10.9. The van der Waals surface area contributed by atoms with Crippen LogP contribution in [0.15, 0.2) is 36.5 Å². The summed E-state index contributed by atoms with van der Waals surface area (Å²) in [4.78, 5) is 24.3. The van der Waals surface area contributed by atoms with E-state index in [2.05, 4.69) is 50.3 Å². The normalized spacial score (nSPS) is 12.4. The lowest BCUT2D eigenvalue weighted by molar-refractivity contribution is -0.161. The molecule has 1 N–H and O–H groups in total. The van der Waals surface area contributed by atoms with Gasteiger partial charge in [0.2, 0.25) is 0 Å². The van der Waals surface area contributed by atoms with E-state index in [-0.39, 0.29) is 25.2 Å². The molecule has 1 atom stereocenters. The van der Waals surface area contributed by atoms with Crippen LogP contribution in [0.2, 0.25) is 0 Å². The smallest absolute Gasteiger partial charge is 0.306 e. The maximum atomic E-state index is 12.2. The Morgan fingerprint density at radius 1 is 0.411 bits per heavy atom. The number of unbranched alkanes of at least 4 members (excludes halogenated alkanes) is 31. The summed E-state index contributed by atoms with van der Waals surface area (Å²) in [6.07, 6.45) is 59.6. The Morgan fingerprint density at radius 3 is 1.14 bits per heavy atom. The molecule has 0 fully saturated rings. The molecule has 56 heavy (non-hydrogen) atoms. The van der Waals surface area contributed by atoms with Crippen molar-refractivity contribution in [3.8, 4) is 0 Å². The molecule has 0 amide bonds. The lowest BCUT2D eigenvalue weighted by Crippen LogP contribution is -2.28. The predicted molar refractivity (Wildman–Crippen MR) is 242 cm³/mol. The molecule has 0 aliphatic heterocycles. The Bertz CT molecular complexity index is 893. The second-order valence-corrected chi connectivity index (χ2v) is 16.5. The van der Waals surface area contributed by atoms with Gasteiger partial charge in [0.1, 0.15) is 6.61 Å². The van der Waals surface area contributed by atoms with Crippen molar-refractivity contribution in [2.75, 3.05) is 13.2 Å². The van der Waals surface area contributed by atoms with Crippen molar-refractivity contribution in [2.45, 2.75) is 264 Å². The average molecular weight is 787 g/mol. The van der Waals surface area contributed by atoms with Gasteiger partial charge in [0.25, 0.3) is 0 Å². The highest BCUT2D eigenvalue weighted by atomic mass is 16.6. The van der Waals surface area contributed by atoms with Gasteiger partial charge in [-0.05, 0) is 64.2 Å². The van der Waals surface area contributed by atoms with Crippen LogP contribution in [-0.4, -0.2) is 36.4 Å². The fourth-order valence-corrected chi connectivity index (χ4v) is 7.18. The van der Waals surface area contributed by atoms with E-state index < -0.39 is 6.10 Å². The molecule has 0 aromatic heterocycles. The van der Waals surface area contributed by atoms with Gasteiger partial charge < -0.3 is 14.6 Å². The second-order valence-electron chi connectivity index (χ2n) is 16.5. The Balaban J connectivity index is 3.43. The number of esters is 2. The molecule has 0 aliphatic carbocycles. The van der Waals surface area contributed by atoms with Crippen molar-refractivity contribution in [2.24, 2.45) is 0 Å². The molecule has 0 radical (unpaired) electrons. The Kier molecular flexibility index (Phi) is 45.9. The number of hydrogen-bond acceptors (Lipinski definition) is 5. The van der Waals surface area contributed by atoms with Crippen LogP contribution in [0, 0.1) is 0 Å². The van der Waals surface area contributed by atoms with Crippen LogP contribution < -0.4 is 0 Å². The minimum Gasteiger partial charge on any atom is -0.462 e. The Labute approximate surface area is 348 Å². The van der Waals surface area contributed by atoms with E-state index in [9.17, 15) is 14.7 Å². The van der Waals surface area contributed by atoms with Crippen LogP contribution in [0.1, 0.15) is 258 Å². The molecule has 1 unspecified atom stereocenters. The third-order valence-corrected chi connectivity index (χ3v) is 10.9. The quantitative estimate of drug-likeness (QED) is 0.0378. The average Bonchev–Trinajstić information content (AvgIpc) is 3.20. The zero-order valence-electron chi connectivity index (χ0n) is 37.4. The largest absolute Gasteiger partial charge is 0.462 e. The molecule has 5 heteroatoms. The van der Waals surface area contributed by atoms with Crippen molar-refractivity contribution >= 4 is 11.9 Å². The van der Waals surface area contributed by atoms with E-state index in [1.165, 1.54) is 173 Å². The van der Waals surface area contributed by atoms with Crippen molar-refractivity contribution in [1.82, 2.24) is 0 Å². The van der Waals surface area contributed by atoms with Gasteiger partial charge in [-0.1, -0.05) is 217 Å². The van der Waals surface area contributed by atoms with Gasteiger partial charge in [-0.3, -0.25) is 9.59 Å². The number of aliphatic hydroxyl groups is 1. The van der Waals surface area contributed by atoms with E-state index in [0.29, 0.717) is 12.8 Å². The minimum atomic E-state index is -0.776. The van der Waals surface area contributed by atoms with Crippen LogP contribution in [0.3, 0.4) is 0 Å². The van der Waals surface area contributed by atoms with Gasteiger partial charge >= 0.3 is 11.9 Å². The van der Waals surface area contributed by atoms with E-state index in [4.69, 9.17) is 9.47 Å². The van der Waals surface area contributed by atoms with Crippen LogP contribution in [0.25, 0.3) is 0 Å². The van der Waals surface area contributed by atoms with Crippen LogP contribution >= 0.6 is 0 Å². The molecule has 0 bridgehead atoms. The maximum Gasteiger partial charge on any atom is 0.306 e. The zero-order chi connectivity index (χ0) is 40.7. The fraction of sp³-hybridized carbons (Fsp3) is 0.843. The number of rotatable bonds is 45. The molecular weight excluding hydrogens is 693 g/mol. The summed E-state index contributed by atoms with van der Waals surface area (Å²) in [7, 11) is 0. The Morgan fingerprint density at radius 2 is 0.750 bits per heavy atom. The van der Waals surface area contributed by atoms with Gasteiger partial charge in [0.05, 0.1) is 6.61 Å². The lowest BCUT2D eigenvalue weighted by Gasteiger charge is -2.15. The summed E-state index contributed by atoms with van der Waals surface area (Å²) in [5.74, 6) is -0.599. The van der Waals surface area contributed by atoms with Crippen LogP contribution in [0.4, 0.5) is 0 Å². The van der Waals surface area contributed by atoms with Gasteiger partial charge in [-0.15, -0.1) is 0 Å². The first-order chi connectivity index (χ1) is 27.6. The highest BCUT2D eigenvalue weighted by Gasteiger charge is 2.16. The van der Waals surface area contributed by atoms with Crippen LogP contribution in [0.5, 0.6) is 0 Å². The fourth-order valence-electron chi connectivity index (χ4n) is 7.18. The van der Waals surface area contributed by atoms with Crippen molar-refractivity contribution in [3.63, 3.8) is 0 Å². The molecule has 0 rings (SSSR count). The second kappa shape index (κ2) is 47.5. The first-order valence-corrected chi connectivity index (χ1v) is 24.5. The number of aliphatic hydroxyl groups excluding tert-OH is 1. The molecule has 0 heterocycles. The molecule has 0 saturated carbocycles. The monoisotopic (exact) mass is 787 g/mol. The highest BCUT2D eigenvalue weighted by molar-refractivity contribution is 5.70. The minimum absolute atomic E-state index is 0.0687. The predicted octanol–water partition coefficient (Wildman–Crippen LogP) is 16.0. The number of carbonyl (C=O) groups excluding carboxylic acids is 2. The SMILES string of the molecule is CCC/C=C\C/C=C\CCCCCCCC(=O)OC(CO)COC(=O)CCCCCCCCCCCCCCCCCCC/C=C\CCCCCCCCCC. The van der Waals surface area contributed by atoms with Gasteiger partial charge in [-0.25, -0.2) is 0 Å². The summed E-state index contributed by atoms with van der Waals surface area (Å²) in [6, 6.07) is 0. The van der Waals surface area contributed by atoms with E-state index in [1.807, 2.05) is 0 Å². The summed E-state index contributed by atoms with van der Waals surface area (Å²) in [5.41, 5.74) is 0. The molecule has 5 nitrogen and oxygen atoms in total. The molecule has 0 spiro atoms. The molecule has 0 aromatic carbocycles. The third kappa shape index (κ3) is 44.8. The summed E-state index contributed by atoms with van der Waals surface area (Å²) in [6.45, 7) is 4.08. The van der Waals surface area contributed by atoms with Crippen molar-refractivity contribution in [1.29, 1.82) is 0 Å². The molecule has 0 aliphatic rings. The van der Waals surface area contributed by atoms with Crippen molar-refractivity contribution in [3.05, 3.63) is 36.5 Å². The first kappa shape index (κ1) is 54.1. The standard InChI is InChI=1S/C51H94O5/c1-3-5-7-9-11-13-15-17-18-19-20-21-22-23-24-25-26-27-28-29-30-31-32-34-35-37-39-41-43-45-50(53)55-48-49(47-52)56-51(54)46-44-42-40-38-36-33-16-14-12-10-8-6-4-2/h8,10,14,16,19-20,49,52H,3-7,9,11-13,15,17-18,21-48H2,1-2H3/b10-8-,16-14-,20-19-. The van der Waals surface area contributed by atoms with Gasteiger partial charge in [0, 0.05) is 12.8 Å². The van der Waals surface area contributed by atoms with Gasteiger partial charge in [0.15, 0.2) is 6.10 Å². The lowest BCUT2D eigenvalue weighted by atomic mass is 10.0.